The van der Waals surface area contributed by atoms with E-state index in [2.05, 4.69) is 68.5 Å². The van der Waals surface area contributed by atoms with Gasteiger partial charge in [0.1, 0.15) is 12.4 Å². The van der Waals surface area contributed by atoms with E-state index in [1.165, 1.54) is 16.7 Å². The van der Waals surface area contributed by atoms with Crippen molar-refractivity contribution in [1.82, 2.24) is 0 Å². The summed E-state index contributed by atoms with van der Waals surface area (Å²) >= 11 is 0. The molecule has 32 heavy (non-hydrogen) atoms. The number of aryl methyl sites for hydroxylation is 1. The molecule has 4 heteroatoms. The first-order valence-corrected chi connectivity index (χ1v) is 10.9. The smallest absolute Gasteiger partial charge is 0.333 e. The van der Waals surface area contributed by atoms with Crippen LogP contribution in [0, 0.1) is 6.92 Å². The zero-order chi connectivity index (χ0) is 22.9. The maximum absolute atomic E-state index is 11.2. The van der Waals surface area contributed by atoms with E-state index in [9.17, 15) is 9.90 Å². The summed E-state index contributed by atoms with van der Waals surface area (Å²) in [5.41, 5.74) is 6.90. The topological polar surface area (TPSA) is 55.8 Å². The molecule has 0 aliphatic carbocycles. The molecule has 3 rings (SSSR count). The molecule has 0 heterocycles. The molecule has 0 saturated carbocycles. The molecule has 0 saturated heterocycles. The summed E-state index contributed by atoms with van der Waals surface area (Å²) in [5, 5.41) is 9.21. The average Bonchev–Trinajstić information content (AvgIpc) is 2.80. The number of carbonyl (C=O) groups is 1. The molecule has 1 atom stereocenters. The van der Waals surface area contributed by atoms with Crippen molar-refractivity contribution in [3.8, 4) is 16.9 Å². The van der Waals surface area contributed by atoms with Gasteiger partial charge in [0.25, 0.3) is 0 Å². The monoisotopic (exact) mass is 430 g/mol. The van der Waals surface area contributed by atoms with Crippen molar-refractivity contribution in [3.63, 3.8) is 0 Å². The minimum absolute atomic E-state index is 0.334. The molecule has 0 bridgehead atoms. The van der Waals surface area contributed by atoms with E-state index >= 15 is 0 Å². The highest BCUT2D eigenvalue weighted by molar-refractivity contribution is 5.72. The van der Waals surface area contributed by atoms with Crippen molar-refractivity contribution in [2.45, 2.75) is 33.3 Å². The zero-order valence-electron chi connectivity index (χ0n) is 18.9. The van der Waals surface area contributed by atoms with Gasteiger partial charge in [-0.3, -0.25) is 0 Å². The van der Waals surface area contributed by atoms with Crippen LogP contribution in [0.3, 0.4) is 0 Å². The quantitative estimate of drug-likeness (QED) is 0.417. The minimum Gasteiger partial charge on any atom is -0.490 e. The van der Waals surface area contributed by atoms with Crippen molar-refractivity contribution in [2.75, 3.05) is 13.2 Å². The van der Waals surface area contributed by atoms with Gasteiger partial charge in [-0.25, -0.2) is 4.79 Å². The summed E-state index contributed by atoms with van der Waals surface area (Å²) < 4.78 is 11.1. The third kappa shape index (κ3) is 6.56. The second-order valence-corrected chi connectivity index (χ2v) is 7.78. The van der Waals surface area contributed by atoms with E-state index in [0.717, 1.165) is 22.4 Å². The fourth-order valence-corrected chi connectivity index (χ4v) is 3.49. The lowest BCUT2D eigenvalue weighted by molar-refractivity contribution is -0.149. The molecule has 0 aromatic heterocycles. The highest BCUT2D eigenvalue weighted by atomic mass is 16.5. The van der Waals surface area contributed by atoms with Crippen molar-refractivity contribution in [3.05, 3.63) is 95.6 Å². The summed E-state index contributed by atoms with van der Waals surface area (Å²) in [5.74, 6) is -0.199. The fourth-order valence-electron chi connectivity index (χ4n) is 3.49. The molecule has 0 spiro atoms. The average molecular weight is 431 g/mol. The van der Waals surface area contributed by atoms with Gasteiger partial charge < -0.3 is 14.6 Å². The van der Waals surface area contributed by atoms with E-state index in [-0.39, 0.29) is 0 Å². The molecule has 1 unspecified atom stereocenters. The first kappa shape index (κ1) is 23.3. The number of hydrogen-bond donors (Lipinski definition) is 1. The van der Waals surface area contributed by atoms with Crippen LogP contribution in [-0.4, -0.2) is 30.4 Å². The highest BCUT2D eigenvalue weighted by Crippen LogP contribution is 2.23. The maximum Gasteiger partial charge on any atom is 0.333 e. The number of aliphatic carboxylic acids is 1. The van der Waals surface area contributed by atoms with Gasteiger partial charge in [0.2, 0.25) is 0 Å². The minimum atomic E-state index is -0.945. The van der Waals surface area contributed by atoms with E-state index in [1.54, 1.807) is 6.92 Å². The Kier molecular flexibility index (Phi) is 8.23. The van der Waals surface area contributed by atoms with E-state index in [1.807, 2.05) is 24.3 Å². The van der Waals surface area contributed by atoms with Gasteiger partial charge in [-0.1, -0.05) is 66.2 Å². The third-order valence-electron chi connectivity index (χ3n) is 5.32. The van der Waals surface area contributed by atoms with Crippen LogP contribution in [0.5, 0.6) is 5.75 Å². The molecule has 3 aromatic carbocycles. The lowest BCUT2D eigenvalue weighted by atomic mass is 10.00. The molecule has 0 radical (unpaired) electrons. The molecular formula is C28H30O4. The highest BCUT2D eigenvalue weighted by Gasteiger charge is 2.17. The van der Waals surface area contributed by atoms with Gasteiger partial charge in [0, 0.05) is 13.0 Å². The van der Waals surface area contributed by atoms with Gasteiger partial charge in [-0.15, -0.1) is 0 Å². The molecular weight excluding hydrogens is 400 g/mol. The van der Waals surface area contributed by atoms with E-state index in [4.69, 9.17) is 9.47 Å². The first-order chi connectivity index (χ1) is 15.5. The Hall–Kier alpha value is -3.37. The molecule has 1 N–H and O–H groups in total. The number of carboxylic acids is 1. The van der Waals surface area contributed by atoms with Crippen LogP contribution in [0.15, 0.2) is 78.9 Å². The molecule has 0 fully saturated rings. The maximum atomic E-state index is 11.2. The number of hydrogen-bond acceptors (Lipinski definition) is 3. The molecule has 0 aliphatic rings. The van der Waals surface area contributed by atoms with E-state index < -0.39 is 12.1 Å². The fraction of sp³-hybridized carbons (Fsp3) is 0.250. The van der Waals surface area contributed by atoms with Gasteiger partial charge in [-0.05, 0) is 66.8 Å². The van der Waals surface area contributed by atoms with Crippen molar-refractivity contribution in [2.24, 2.45) is 0 Å². The molecule has 166 valence electrons. The van der Waals surface area contributed by atoms with Crippen LogP contribution >= 0.6 is 0 Å². The normalized spacial score (nSPS) is 12.4. The van der Waals surface area contributed by atoms with Gasteiger partial charge in [0.05, 0.1) is 0 Å². The second-order valence-electron chi connectivity index (χ2n) is 7.78. The second kappa shape index (κ2) is 11.3. The number of ether oxygens (including phenoxy) is 2. The number of carboxylic acid groups (broad SMARTS) is 1. The Morgan fingerprint density at radius 1 is 1.00 bits per heavy atom. The predicted molar refractivity (Wildman–Crippen MR) is 129 cm³/mol. The summed E-state index contributed by atoms with van der Waals surface area (Å²) in [7, 11) is 0. The summed E-state index contributed by atoms with van der Waals surface area (Å²) in [6, 6.07) is 24.5. The SMILES string of the molecule is CCOC(Cc1ccc(OC/C=C(\C)c2ccc(-c3cccc(C)c3)cc2)cc1)C(=O)O. The number of rotatable bonds is 10. The van der Waals surface area contributed by atoms with Crippen LogP contribution in [0.4, 0.5) is 0 Å². The Labute approximate surface area is 190 Å². The summed E-state index contributed by atoms with van der Waals surface area (Å²) in [4.78, 5) is 11.2. The van der Waals surface area contributed by atoms with E-state index in [0.29, 0.717) is 19.6 Å². The van der Waals surface area contributed by atoms with Crippen LogP contribution in [0.1, 0.15) is 30.5 Å². The molecule has 4 nitrogen and oxygen atoms in total. The van der Waals surface area contributed by atoms with Gasteiger partial charge in [-0.2, -0.15) is 0 Å². The van der Waals surface area contributed by atoms with Crippen molar-refractivity contribution >= 4 is 11.5 Å². The molecule has 0 aliphatic heterocycles. The standard InChI is InChI=1S/C28H30O4/c1-4-31-27(28(29)30)19-22-8-14-26(15-9-22)32-17-16-21(3)23-10-12-24(13-11-23)25-7-5-6-20(2)18-25/h5-16,18,27H,4,17,19H2,1-3H3,(H,29,30)/b21-16+. The van der Waals surface area contributed by atoms with Gasteiger partial charge >= 0.3 is 5.97 Å². The Morgan fingerprint density at radius 2 is 1.72 bits per heavy atom. The summed E-state index contributed by atoms with van der Waals surface area (Å²) in [6.45, 7) is 6.81. The Morgan fingerprint density at radius 3 is 2.34 bits per heavy atom. The first-order valence-electron chi connectivity index (χ1n) is 10.9. The van der Waals surface area contributed by atoms with Crippen LogP contribution in [0.25, 0.3) is 16.7 Å². The molecule has 0 amide bonds. The van der Waals surface area contributed by atoms with Crippen LogP contribution in [0.2, 0.25) is 0 Å². The number of allylic oxidation sites excluding steroid dienone is 1. The molecule has 3 aromatic rings. The van der Waals surface area contributed by atoms with Crippen molar-refractivity contribution < 1.29 is 19.4 Å². The van der Waals surface area contributed by atoms with Crippen LogP contribution in [-0.2, 0) is 16.0 Å². The predicted octanol–water partition coefficient (Wildman–Crippen LogP) is 6.18. The Balaban J connectivity index is 1.55. The lowest BCUT2D eigenvalue weighted by Crippen LogP contribution is -2.26. The summed E-state index contributed by atoms with van der Waals surface area (Å²) in [6.07, 6.45) is 1.57. The third-order valence-corrected chi connectivity index (χ3v) is 5.32. The zero-order valence-corrected chi connectivity index (χ0v) is 18.9. The van der Waals surface area contributed by atoms with Gasteiger partial charge in [0.15, 0.2) is 6.10 Å². The van der Waals surface area contributed by atoms with Crippen LogP contribution < -0.4 is 4.74 Å². The largest absolute Gasteiger partial charge is 0.490 e. The number of benzene rings is 3. The van der Waals surface area contributed by atoms with Crippen molar-refractivity contribution in [1.29, 1.82) is 0 Å². The lowest BCUT2D eigenvalue weighted by Gasteiger charge is -2.12. The Bertz CT molecular complexity index is 1050.